The zero-order valence-corrected chi connectivity index (χ0v) is 11.7. The van der Waals surface area contributed by atoms with Crippen LogP contribution in [0.1, 0.15) is 30.1 Å². The van der Waals surface area contributed by atoms with E-state index >= 15 is 0 Å². The number of oxazole rings is 1. The van der Waals surface area contributed by atoms with E-state index in [-0.39, 0.29) is 28.2 Å². The predicted octanol–water partition coefficient (Wildman–Crippen LogP) is 4.03. The van der Waals surface area contributed by atoms with Gasteiger partial charge in [0, 0.05) is 0 Å². The van der Waals surface area contributed by atoms with Crippen molar-refractivity contribution < 1.29 is 18.7 Å². The summed E-state index contributed by atoms with van der Waals surface area (Å²) in [4.78, 5) is 15.3. The number of nitrogens with zero attached hydrogens (tertiary/aromatic N) is 1. The Kier molecular flexibility index (Phi) is 4.09. The first-order chi connectivity index (χ1) is 9.40. The van der Waals surface area contributed by atoms with Gasteiger partial charge in [0.1, 0.15) is 5.82 Å². The largest absolute Gasteiger partial charge is 0.475 e. The minimum Gasteiger partial charge on any atom is -0.475 e. The van der Waals surface area contributed by atoms with Gasteiger partial charge in [0.25, 0.3) is 0 Å². The maximum atomic E-state index is 13.4. The lowest BCUT2D eigenvalue weighted by Gasteiger charge is -2.00. The minimum absolute atomic E-state index is 0.0163. The van der Waals surface area contributed by atoms with Gasteiger partial charge in [-0.05, 0) is 24.5 Å². The SMILES string of the molecule is CC(C)Cc1nc(-c2cccc(F)c2Cl)oc1C(=O)O. The second-order valence-corrected chi connectivity index (χ2v) is 5.18. The Bertz CT molecular complexity index is 652. The topological polar surface area (TPSA) is 63.3 Å². The summed E-state index contributed by atoms with van der Waals surface area (Å²) >= 11 is 5.85. The van der Waals surface area contributed by atoms with Crippen LogP contribution in [0.2, 0.25) is 5.02 Å². The third-order valence-electron chi connectivity index (χ3n) is 2.68. The molecule has 2 aromatic rings. The molecule has 0 saturated carbocycles. The van der Waals surface area contributed by atoms with E-state index in [4.69, 9.17) is 21.1 Å². The first kappa shape index (κ1) is 14.5. The van der Waals surface area contributed by atoms with Crippen molar-refractivity contribution in [3.8, 4) is 11.5 Å². The van der Waals surface area contributed by atoms with Crippen LogP contribution in [-0.4, -0.2) is 16.1 Å². The van der Waals surface area contributed by atoms with Gasteiger partial charge >= 0.3 is 5.97 Å². The van der Waals surface area contributed by atoms with Crippen molar-refractivity contribution in [3.05, 3.63) is 40.5 Å². The van der Waals surface area contributed by atoms with E-state index in [1.165, 1.54) is 18.2 Å². The molecule has 0 radical (unpaired) electrons. The maximum Gasteiger partial charge on any atom is 0.373 e. The Morgan fingerprint density at radius 3 is 2.80 bits per heavy atom. The summed E-state index contributed by atoms with van der Waals surface area (Å²) in [6.45, 7) is 3.88. The molecule has 0 bridgehead atoms. The fourth-order valence-electron chi connectivity index (χ4n) is 1.83. The molecule has 0 aliphatic rings. The normalized spacial score (nSPS) is 11.1. The predicted molar refractivity (Wildman–Crippen MR) is 72.4 cm³/mol. The average Bonchev–Trinajstić information content (AvgIpc) is 2.75. The first-order valence-corrected chi connectivity index (χ1v) is 6.45. The Morgan fingerprint density at radius 2 is 2.20 bits per heavy atom. The average molecular weight is 298 g/mol. The molecule has 106 valence electrons. The Labute approximate surface area is 120 Å². The van der Waals surface area contributed by atoms with Gasteiger partial charge < -0.3 is 9.52 Å². The van der Waals surface area contributed by atoms with Crippen molar-refractivity contribution in [2.45, 2.75) is 20.3 Å². The van der Waals surface area contributed by atoms with Crippen molar-refractivity contribution in [3.63, 3.8) is 0 Å². The van der Waals surface area contributed by atoms with Gasteiger partial charge in [0.05, 0.1) is 16.3 Å². The summed E-state index contributed by atoms with van der Waals surface area (Å²) in [6, 6.07) is 4.20. The molecule has 1 N–H and O–H groups in total. The molecule has 1 aromatic heterocycles. The molecule has 0 saturated heterocycles. The van der Waals surface area contributed by atoms with E-state index in [0.29, 0.717) is 12.1 Å². The first-order valence-electron chi connectivity index (χ1n) is 6.07. The third kappa shape index (κ3) is 2.82. The van der Waals surface area contributed by atoms with Gasteiger partial charge in [0.2, 0.25) is 11.7 Å². The van der Waals surface area contributed by atoms with Gasteiger partial charge in [-0.15, -0.1) is 0 Å². The van der Waals surface area contributed by atoms with E-state index in [9.17, 15) is 9.18 Å². The number of halogens is 2. The van der Waals surface area contributed by atoms with Crippen LogP contribution in [0.3, 0.4) is 0 Å². The number of carboxylic acid groups (broad SMARTS) is 1. The number of aromatic carboxylic acids is 1. The van der Waals surface area contributed by atoms with Crippen LogP contribution in [-0.2, 0) is 6.42 Å². The highest BCUT2D eigenvalue weighted by Gasteiger charge is 2.22. The Balaban J connectivity index is 2.53. The summed E-state index contributed by atoms with van der Waals surface area (Å²) in [7, 11) is 0. The quantitative estimate of drug-likeness (QED) is 0.925. The van der Waals surface area contributed by atoms with Crippen LogP contribution >= 0.6 is 11.6 Å². The number of aromatic nitrogens is 1. The second-order valence-electron chi connectivity index (χ2n) is 4.80. The van der Waals surface area contributed by atoms with Crippen LogP contribution < -0.4 is 0 Å². The van der Waals surface area contributed by atoms with Crippen molar-refractivity contribution >= 4 is 17.6 Å². The third-order valence-corrected chi connectivity index (χ3v) is 3.06. The lowest BCUT2D eigenvalue weighted by Crippen LogP contribution is -2.03. The van der Waals surface area contributed by atoms with Gasteiger partial charge in [-0.2, -0.15) is 0 Å². The molecule has 0 fully saturated rings. The van der Waals surface area contributed by atoms with E-state index < -0.39 is 11.8 Å². The van der Waals surface area contributed by atoms with E-state index in [2.05, 4.69) is 4.98 Å². The summed E-state index contributed by atoms with van der Waals surface area (Å²) in [6.07, 6.45) is 0.456. The molecule has 0 spiro atoms. The highest BCUT2D eigenvalue weighted by Crippen LogP contribution is 2.31. The molecular formula is C14H13ClFNO3. The van der Waals surface area contributed by atoms with Gasteiger partial charge in [-0.25, -0.2) is 14.2 Å². The molecule has 1 aromatic carbocycles. The van der Waals surface area contributed by atoms with E-state index in [1.54, 1.807) is 0 Å². The number of hydrogen-bond donors (Lipinski definition) is 1. The van der Waals surface area contributed by atoms with Gasteiger partial charge in [-0.3, -0.25) is 0 Å². The van der Waals surface area contributed by atoms with Crippen molar-refractivity contribution in [2.75, 3.05) is 0 Å². The zero-order valence-electron chi connectivity index (χ0n) is 11.0. The molecule has 2 rings (SSSR count). The fourth-order valence-corrected chi connectivity index (χ4v) is 2.03. The molecule has 0 aliphatic heterocycles. The van der Waals surface area contributed by atoms with Crippen LogP contribution in [0.25, 0.3) is 11.5 Å². The number of carbonyl (C=O) groups is 1. The second kappa shape index (κ2) is 5.63. The smallest absolute Gasteiger partial charge is 0.373 e. The van der Waals surface area contributed by atoms with Gasteiger partial charge in [-0.1, -0.05) is 31.5 Å². The highest BCUT2D eigenvalue weighted by atomic mass is 35.5. The molecule has 0 atom stereocenters. The fraction of sp³-hybridized carbons (Fsp3) is 0.286. The minimum atomic E-state index is -1.20. The lowest BCUT2D eigenvalue weighted by molar-refractivity contribution is 0.0661. The molecule has 0 unspecified atom stereocenters. The van der Waals surface area contributed by atoms with Crippen LogP contribution in [0.15, 0.2) is 22.6 Å². The van der Waals surface area contributed by atoms with Crippen LogP contribution in [0.4, 0.5) is 4.39 Å². The van der Waals surface area contributed by atoms with Crippen LogP contribution in [0.5, 0.6) is 0 Å². The van der Waals surface area contributed by atoms with Gasteiger partial charge in [0.15, 0.2) is 0 Å². The molecule has 4 nitrogen and oxygen atoms in total. The van der Waals surface area contributed by atoms with E-state index in [0.717, 1.165) is 0 Å². The number of carboxylic acids is 1. The number of hydrogen-bond acceptors (Lipinski definition) is 3. The van der Waals surface area contributed by atoms with E-state index in [1.807, 2.05) is 13.8 Å². The van der Waals surface area contributed by atoms with Crippen molar-refractivity contribution in [1.82, 2.24) is 4.98 Å². The van der Waals surface area contributed by atoms with Crippen molar-refractivity contribution in [1.29, 1.82) is 0 Å². The Morgan fingerprint density at radius 1 is 1.50 bits per heavy atom. The summed E-state index contributed by atoms with van der Waals surface area (Å²) in [5.41, 5.74) is 0.576. The molecule has 0 aliphatic carbocycles. The lowest BCUT2D eigenvalue weighted by atomic mass is 10.1. The Hall–Kier alpha value is -1.88. The summed E-state index contributed by atoms with van der Waals surface area (Å²) in [5, 5.41) is 8.98. The summed E-state index contributed by atoms with van der Waals surface area (Å²) in [5.74, 6) is -1.80. The standard InChI is InChI=1S/C14H13ClFNO3/c1-7(2)6-10-12(14(18)19)20-13(17-10)8-4-3-5-9(16)11(8)15/h3-5,7H,6H2,1-2H3,(H,18,19). The summed E-state index contributed by atoms with van der Waals surface area (Å²) < 4.78 is 18.7. The number of rotatable bonds is 4. The molecular weight excluding hydrogens is 285 g/mol. The van der Waals surface area contributed by atoms with Crippen LogP contribution in [0, 0.1) is 11.7 Å². The molecule has 1 heterocycles. The zero-order chi connectivity index (χ0) is 14.9. The maximum absolute atomic E-state index is 13.4. The molecule has 6 heteroatoms. The highest BCUT2D eigenvalue weighted by molar-refractivity contribution is 6.33. The molecule has 20 heavy (non-hydrogen) atoms. The molecule has 0 amide bonds. The monoisotopic (exact) mass is 297 g/mol. The van der Waals surface area contributed by atoms with Crippen molar-refractivity contribution in [2.24, 2.45) is 5.92 Å². The number of benzene rings is 1.